The molecule has 0 amide bonds. The molecule has 1 aliphatic rings. The first-order valence-electron chi connectivity index (χ1n) is 7.78. The molecule has 1 aliphatic heterocycles. The Bertz CT molecular complexity index is 770. The summed E-state index contributed by atoms with van der Waals surface area (Å²) in [5.74, 6) is 0.442. The van der Waals surface area contributed by atoms with E-state index in [9.17, 15) is 8.42 Å². The van der Waals surface area contributed by atoms with Gasteiger partial charge in [-0.05, 0) is 43.5 Å². The highest BCUT2D eigenvalue weighted by molar-refractivity contribution is 7.89. The van der Waals surface area contributed by atoms with Crippen molar-refractivity contribution < 1.29 is 8.42 Å². The molecule has 2 heterocycles. The highest BCUT2D eigenvalue weighted by atomic mass is 32.2. The van der Waals surface area contributed by atoms with E-state index in [0.29, 0.717) is 17.3 Å². The van der Waals surface area contributed by atoms with E-state index < -0.39 is 10.0 Å². The van der Waals surface area contributed by atoms with Gasteiger partial charge in [0.2, 0.25) is 10.0 Å². The van der Waals surface area contributed by atoms with Crippen molar-refractivity contribution in [2.45, 2.75) is 37.1 Å². The molecule has 2 aromatic rings. The Balaban J connectivity index is 1.97. The molecule has 122 valence electrons. The van der Waals surface area contributed by atoms with Crippen LogP contribution in [0.25, 0.3) is 0 Å². The average molecular weight is 331 g/mol. The number of anilines is 1. The number of nitrogen functional groups attached to an aromatic ring is 1. The van der Waals surface area contributed by atoms with Crippen molar-refractivity contribution in [3.05, 3.63) is 53.7 Å². The molecule has 1 atom stereocenters. The molecule has 1 aromatic carbocycles. The van der Waals surface area contributed by atoms with Crippen molar-refractivity contribution in [2.75, 3.05) is 12.3 Å². The minimum atomic E-state index is -3.51. The van der Waals surface area contributed by atoms with E-state index in [1.54, 1.807) is 28.7 Å². The van der Waals surface area contributed by atoms with Gasteiger partial charge in [0.25, 0.3) is 0 Å². The van der Waals surface area contributed by atoms with Gasteiger partial charge in [0.1, 0.15) is 5.82 Å². The molecule has 1 fully saturated rings. The van der Waals surface area contributed by atoms with E-state index in [4.69, 9.17) is 5.73 Å². The lowest BCUT2D eigenvalue weighted by Gasteiger charge is -2.34. The van der Waals surface area contributed by atoms with Crippen molar-refractivity contribution in [3.8, 4) is 0 Å². The zero-order valence-corrected chi connectivity index (χ0v) is 14.0. The molecular weight excluding hydrogens is 310 g/mol. The van der Waals surface area contributed by atoms with Crippen LogP contribution in [0.4, 0.5) is 5.82 Å². The molecule has 23 heavy (non-hydrogen) atoms. The first-order valence-corrected chi connectivity index (χ1v) is 9.22. The van der Waals surface area contributed by atoms with Crippen molar-refractivity contribution in [3.63, 3.8) is 0 Å². The summed E-state index contributed by atoms with van der Waals surface area (Å²) >= 11 is 0. The minimum absolute atomic E-state index is 0.178. The zero-order valence-electron chi connectivity index (χ0n) is 13.1. The topological polar surface area (TPSA) is 76.3 Å². The first-order chi connectivity index (χ1) is 11.0. The maximum atomic E-state index is 13.0. The van der Waals surface area contributed by atoms with E-state index >= 15 is 0 Å². The average Bonchev–Trinajstić information content (AvgIpc) is 2.56. The number of hydrogen-bond donors (Lipinski definition) is 1. The highest BCUT2D eigenvalue weighted by Crippen LogP contribution is 2.35. The van der Waals surface area contributed by atoms with Crippen LogP contribution in [0.15, 0.2) is 47.5 Å². The Morgan fingerprint density at radius 2 is 1.87 bits per heavy atom. The number of hydrogen-bond acceptors (Lipinski definition) is 4. The predicted octanol–water partition coefficient (Wildman–Crippen LogP) is 2.89. The summed E-state index contributed by atoms with van der Waals surface area (Å²) in [5, 5.41) is 0. The van der Waals surface area contributed by atoms with Gasteiger partial charge in [0.15, 0.2) is 0 Å². The maximum absolute atomic E-state index is 13.0. The Labute approximate surface area is 137 Å². The summed E-state index contributed by atoms with van der Waals surface area (Å²) in [5.41, 5.74) is 7.58. The third-order valence-electron chi connectivity index (χ3n) is 4.28. The Morgan fingerprint density at radius 3 is 2.52 bits per heavy atom. The van der Waals surface area contributed by atoms with E-state index in [-0.39, 0.29) is 6.04 Å². The number of nitrogens with two attached hydrogens (primary N) is 1. The van der Waals surface area contributed by atoms with E-state index in [2.05, 4.69) is 4.98 Å². The smallest absolute Gasteiger partial charge is 0.243 e. The van der Waals surface area contributed by atoms with Crippen LogP contribution in [0.5, 0.6) is 0 Å². The molecule has 1 unspecified atom stereocenters. The van der Waals surface area contributed by atoms with Crippen molar-refractivity contribution in [1.29, 1.82) is 0 Å². The number of aryl methyl sites for hydroxylation is 1. The van der Waals surface area contributed by atoms with Crippen molar-refractivity contribution in [1.82, 2.24) is 9.29 Å². The first kappa shape index (κ1) is 16.0. The van der Waals surface area contributed by atoms with E-state index in [1.165, 1.54) is 0 Å². The minimum Gasteiger partial charge on any atom is -0.384 e. The van der Waals surface area contributed by atoms with Gasteiger partial charge in [-0.2, -0.15) is 4.31 Å². The summed E-state index contributed by atoms with van der Waals surface area (Å²) < 4.78 is 27.7. The van der Waals surface area contributed by atoms with E-state index in [1.807, 2.05) is 25.1 Å². The van der Waals surface area contributed by atoms with Gasteiger partial charge in [0.05, 0.1) is 10.9 Å². The zero-order chi connectivity index (χ0) is 16.4. The number of nitrogens with zero attached hydrogens (tertiary/aromatic N) is 2. The molecule has 0 radical (unpaired) electrons. The molecule has 1 aromatic heterocycles. The third-order valence-corrected chi connectivity index (χ3v) is 6.20. The van der Waals surface area contributed by atoms with Gasteiger partial charge in [-0.1, -0.05) is 30.2 Å². The van der Waals surface area contributed by atoms with Crippen LogP contribution >= 0.6 is 0 Å². The maximum Gasteiger partial charge on any atom is 0.243 e. The monoisotopic (exact) mass is 331 g/mol. The standard InChI is InChI=1S/C17H21N3O2S/c1-13-5-8-15(9-6-13)23(21,22)20-11-3-2-4-16(20)14-7-10-17(18)19-12-14/h5-10,12,16H,2-4,11H2,1H3,(H2,18,19). The second-order valence-corrected chi connectivity index (χ2v) is 7.85. The lowest BCUT2D eigenvalue weighted by molar-refractivity contribution is 0.255. The number of aromatic nitrogens is 1. The summed E-state index contributed by atoms with van der Waals surface area (Å²) in [6, 6.07) is 10.4. The third kappa shape index (κ3) is 3.23. The Kier molecular flexibility index (Phi) is 4.37. The molecule has 0 aliphatic carbocycles. The lowest BCUT2D eigenvalue weighted by Crippen LogP contribution is -2.38. The summed E-state index contributed by atoms with van der Waals surface area (Å²) in [7, 11) is -3.51. The lowest BCUT2D eigenvalue weighted by atomic mass is 9.99. The van der Waals surface area contributed by atoms with Crippen molar-refractivity contribution >= 4 is 15.8 Å². The number of pyridine rings is 1. The van der Waals surface area contributed by atoms with Crippen LogP contribution < -0.4 is 5.73 Å². The molecule has 0 bridgehead atoms. The summed E-state index contributed by atoms with van der Waals surface area (Å²) in [6.45, 7) is 2.48. The second kappa shape index (κ2) is 6.29. The SMILES string of the molecule is Cc1ccc(S(=O)(=O)N2CCCCC2c2ccc(N)nc2)cc1. The fourth-order valence-corrected chi connectivity index (χ4v) is 4.67. The highest BCUT2D eigenvalue weighted by Gasteiger charge is 2.34. The largest absolute Gasteiger partial charge is 0.384 e. The summed E-state index contributed by atoms with van der Waals surface area (Å²) in [4.78, 5) is 4.46. The molecule has 0 saturated carbocycles. The molecule has 2 N–H and O–H groups in total. The number of rotatable bonds is 3. The summed E-state index contributed by atoms with van der Waals surface area (Å²) in [6.07, 6.45) is 4.37. The van der Waals surface area contributed by atoms with Crippen LogP contribution in [0.3, 0.4) is 0 Å². The van der Waals surface area contributed by atoms with Gasteiger partial charge < -0.3 is 5.73 Å². The fourth-order valence-electron chi connectivity index (χ4n) is 2.99. The van der Waals surface area contributed by atoms with Gasteiger partial charge >= 0.3 is 0 Å². The number of piperidine rings is 1. The molecule has 1 saturated heterocycles. The molecular formula is C17H21N3O2S. The van der Waals surface area contributed by atoms with Crippen LogP contribution in [0.2, 0.25) is 0 Å². The second-order valence-electron chi connectivity index (χ2n) is 5.96. The molecule has 5 nitrogen and oxygen atoms in total. The Morgan fingerprint density at radius 1 is 1.13 bits per heavy atom. The molecule has 0 spiro atoms. The molecule has 6 heteroatoms. The van der Waals surface area contributed by atoms with Gasteiger partial charge in [-0.25, -0.2) is 13.4 Å². The number of benzene rings is 1. The van der Waals surface area contributed by atoms with E-state index in [0.717, 1.165) is 30.4 Å². The molecule has 3 rings (SSSR count). The number of sulfonamides is 1. The predicted molar refractivity (Wildman–Crippen MR) is 90.3 cm³/mol. The van der Waals surface area contributed by atoms with Crippen molar-refractivity contribution in [2.24, 2.45) is 0 Å². The fraction of sp³-hybridized carbons (Fsp3) is 0.353. The van der Waals surface area contributed by atoms with Gasteiger partial charge in [0, 0.05) is 12.7 Å². The van der Waals surface area contributed by atoms with Crippen LogP contribution in [-0.2, 0) is 10.0 Å². The van der Waals surface area contributed by atoms with Crippen LogP contribution in [0.1, 0.15) is 36.4 Å². The quantitative estimate of drug-likeness (QED) is 0.938. The van der Waals surface area contributed by atoms with Crippen LogP contribution in [-0.4, -0.2) is 24.3 Å². The van der Waals surface area contributed by atoms with Gasteiger partial charge in [-0.15, -0.1) is 0 Å². The normalized spacial score (nSPS) is 19.6. The Hall–Kier alpha value is -1.92. The van der Waals surface area contributed by atoms with Gasteiger partial charge in [-0.3, -0.25) is 0 Å². The van der Waals surface area contributed by atoms with Crippen LogP contribution in [0, 0.1) is 6.92 Å².